The number of carbonyl (C=O) groups excluding carboxylic acids is 1. The van der Waals surface area contributed by atoms with Crippen molar-refractivity contribution in [1.29, 1.82) is 0 Å². The molecule has 0 aromatic rings. The van der Waals surface area contributed by atoms with Gasteiger partial charge in [-0.2, -0.15) is 0 Å². The fourth-order valence-electron chi connectivity index (χ4n) is 2.80. The maximum atomic E-state index is 12.0. The molecule has 0 aromatic heterocycles. The van der Waals surface area contributed by atoms with E-state index in [9.17, 15) is 9.59 Å². The Labute approximate surface area is 126 Å². The lowest BCUT2D eigenvalue weighted by atomic mass is 9.80. The van der Waals surface area contributed by atoms with Crippen LogP contribution in [0.4, 0.5) is 4.79 Å². The molecule has 0 radical (unpaired) electrons. The van der Waals surface area contributed by atoms with Crippen LogP contribution in [0.3, 0.4) is 0 Å². The van der Waals surface area contributed by atoms with E-state index in [0.29, 0.717) is 19.5 Å². The van der Waals surface area contributed by atoms with Gasteiger partial charge < -0.3 is 20.5 Å². The minimum atomic E-state index is -0.815. The van der Waals surface area contributed by atoms with Crippen molar-refractivity contribution in [3.05, 3.63) is 0 Å². The van der Waals surface area contributed by atoms with E-state index < -0.39 is 11.6 Å². The molecule has 3 N–H and O–H groups in total. The van der Waals surface area contributed by atoms with E-state index >= 15 is 0 Å². The van der Waals surface area contributed by atoms with Crippen molar-refractivity contribution in [1.82, 2.24) is 4.90 Å². The summed E-state index contributed by atoms with van der Waals surface area (Å²) >= 11 is 0. The van der Waals surface area contributed by atoms with Gasteiger partial charge in [0.1, 0.15) is 5.60 Å². The minimum Gasteiger partial charge on any atom is -0.481 e. The number of carboxylic acids is 1. The van der Waals surface area contributed by atoms with Crippen LogP contribution in [-0.4, -0.2) is 46.8 Å². The van der Waals surface area contributed by atoms with E-state index in [0.717, 1.165) is 6.42 Å². The molecular formula is C15H28N2O4. The van der Waals surface area contributed by atoms with Crippen LogP contribution in [0.2, 0.25) is 0 Å². The Bertz CT molecular complexity index is 378. The van der Waals surface area contributed by atoms with Crippen LogP contribution in [-0.2, 0) is 9.53 Å². The van der Waals surface area contributed by atoms with E-state index in [1.807, 2.05) is 20.8 Å². The molecule has 0 aromatic carbocycles. The van der Waals surface area contributed by atoms with E-state index in [2.05, 4.69) is 6.92 Å². The molecule has 3 unspecified atom stereocenters. The molecule has 0 spiro atoms. The first-order chi connectivity index (χ1) is 9.60. The quantitative estimate of drug-likeness (QED) is 0.829. The van der Waals surface area contributed by atoms with Crippen molar-refractivity contribution in [2.75, 3.05) is 13.1 Å². The highest BCUT2D eigenvalue weighted by Gasteiger charge is 2.33. The van der Waals surface area contributed by atoms with Crippen LogP contribution in [0.1, 0.15) is 47.0 Å². The summed E-state index contributed by atoms with van der Waals surface area (Å²) in [6.07, 6.45) is 1.09. The van der Waals surface area contributed by atoms with Crippen molar-refractivity contribution in [3.63, 3.8) is 0 Å². The summed E-state index contributed by atoms with van der Waals surface area (Å²) in [4.78, 5) is 24.4. The molecule has 0 bridgehead atoms. The van der Waals surface area contributed by atoms with Gasteiger partial charge in [-0.1, -0.05) is 6.92 Å². The fraction of sp³-hybridized carbons (Fsp3) is 0.867. The van der Waals surface area contributed by atoms with Crippen molar-refractivity contribution >= 4 is 12.1 Å². The lowest BCUT2D eigenvalue weighted by Crippen LogP contribution is -2.49. The zero-order valence-corrected chi connectivity index (χ0v) is 13.5. The standard InChI is InChI=1S/C15H28N2O4/c1-10-9-17(14(20)21-15(2,3)4)8-7-11(10)12(16)5-6-13(18)19/h10-12H,5-9,16H2,1-4H3,(H,18,19). The van der Waals surface area contributed by atoms with Gasteiger partial charge >= 0.3 is 12.1 Å². The molecule has 1 aliphatic heterocycles. The molecule has 1 aliphatic rings. The topological polar surface area (TPSA) is 92.9 Å². The highest BCUT2D eigenvalue weighted by Crippen LogP contribution is 2.28. The molecule has 1 heterocycles. The summed E-state index contributed by atoms with van der Waals surface area (Å²) in [6, 6.07) is -0.128. The number of nitrogens with two attached hydrogens (primary N) is 1. The maximum absolute atomic E-state index is 12.0. The number of hydrogen-bond donors (Lipinski definition) is 2. The van der Waals surface area contributed by atoms with Crippen LogP contribution in [0, 0.1) is 11.8 Å². The zero-order valence-electron chi connectivity index (χ0n) is 13.5. The van der Waals surface area contributed by atoms with Crippen molar-refractivity contribution in [2.24, 2.45) is 17.6 Å². The molecule has 0 aliphatic carbocycles. The second-order valence-electron chi connectivity index (χ2n) is 6.95. The number of likely N-dealkylation sites (tertiary alicyclic amines) is 1. The first-order valence-corrected chi connectivity index (χ1v) is 7.55. The number of carboxylic acid groups (broad SMARTS) is 1. The Morgan fingerprint density at radius 2 is 2.05 bits per heavy atom. The zero-order chi connectivity index (χ0) is 16.2. The van der Waals surface area contributed by atoms with E-state index in [1.165, 1.54) is 0 Å². The van der Waals surface area contributed by atoms with Gasteiger partial charge in [-0.3, -0.25) is 4.79 Å². The smallest absolute Gasteiger partial charge is 0.410 e. The van der Waals surface area contributed by atoms with Gasteiger partial charge in [-0.15, -0.1) is 0 Å². The number of rotatable bonds is 4. The summed E-state index contributed by atoms with van der Waals surface area (Å²) in [5.41, 5.74) is 5.62. The lowest BCUT2D eigenvalue weighted by Gasteiger charge is -2.39. The Kier molecular flexibility index (Phi) is 6.01. The number of amides is 1. The summed E-state index contributed by atoms with van der Waals surface area (Å²) < 4.78 is 5.38. The molecule has 6 heteroatoms. The number of carbonyl (C=O) groups is 2. The third kappa shape index (κ3) is 5.91. The summed E-state index contributed by atoms with van der Waals surface area (Å²) in [7, 11) is 0. The number of ether oxygens (including phenoxy) is 1. The Balaban J connectivity index is 2.50. The van der Waals surface area contributed by atoms with Crippen LogP contribution in [0.15, 0.2) is 0 Å². The van der Waals surface area contributed by atoms with E-state index in [1.54, 1.807) is 4.90 Å². The van der Waals surface area contributed by atoms with Crippen molar-refractivity contribution in [2.45, 2.75) is 58.6 Å². The second-order valence-corrected chi connectivity index (χ2v) is 6.95. The van der Waals surface area contributed by atoms with Crippen LogP contribution in [0.5, 0.6) is 0 Å². The lowest BCUT2D eigenvalue weighted by molar-refractivity contribution is -0.137. The van der Waals surface area contributed by atoms with Gasteiger partial charge in [0.25, 0.3) is 0 Å². The first-order valence-electron chi connectivity index (χ1n) is 7.55. The van der Waals surface area contributed by atoms with E-state index in [-0.39, 0.29) is 30.4 Å². The maximum Gasteiger partial charge on any atom is 0.410 e. The molecule has 0 saturated carbocycles. The average molecular weight is 300 g/mol. The Morgan fingerprint density at radius 1 is 1.43 bits per heavy atom. The Morgan fingerprint density at radius 3 is 2.52 bits per heavy atom. The largest absolute Gasteiger partial charge is 0.481 e. The average Bonchev–Trinajstić information content (AvgIpc) is 2.33. The van der Waals surface area contributed by atoms with Gasteiger partial charge in [-0.25, -0.2) is 4.79 Å². The third-order valence-corrected chi connectivity index (χ3v) is 3.86. The number of aliphatic carboxylic acids is 1. The minimum absolute atomic E-state index is 0.0974. The van der Waals surface area contributed by atoms with Gasteiger partial charge in [-0.05, 0) is 45.4 Å². The molecule has 1 fully saturated rings. The summed E-state index contributed by atoms with van der Waals surface area (Å²) in [6.45, 7) is 8.83. The van der Waals surface area contributed by atoms with Crippen molar-refractivity contribution in [3.8, 4) is 0 Å². The third-order valence-electron chi connectivity index (χ3n) is 3.86. The molecule has 21 heavy (non-hydrogen) atoms. The normalized spacial score (nSPS) is 24.5. The van der Waals surface area contributed by atoms with Gasteiger partial charge in [0, 0.05) is 25.6 Å². The SMILES string of the molecule is CC1CN(C(=O)OC(C)(C)C)CCC1C(N)CCC(=O)O. The van der Waals surface area contributed by atoms with Crippen LogP contribution in [0.25, 0.3) is 0 Å². The Hall–Kier alpha value is -1.30. The molecule has 1 rings (SSSR count). The molecular weight excluding hydrogens is 272 g/mol. The fourth-order valence-corrected chi connectivity index (χ4v) is 2.80. The second kappa shape index (κ2) is 7.11. The van der Waals surface area contributed by atoms with Crippen LogP contribution >= 0.6 is 0 Å². The van der Waals surface area contributed by atoms with Gasteiger partial charge in [0.05, 0.1) is 0 Å². The number of nitrogens with zero attached hydrogens (tertiary/aromatic N) is 1. The number of piperidine rings is 1. The first kappa shape index (κ1) is 17.8. The molecule has 6 nitrogen and oxygen atoms in total. The predicted octanol–water partition coefficient (Wildman–Crippen LogP) is 2.07. The summed E-state index contributed by atoms with van der Waals surface area (Å²) in [5, 5.41) is 8.72. The number of hydrogen-bond acceptors (Lipinski definition) is 4. The predicted molar refractivity (Wildman–Crippen MR) is 79.9 cm³/mol. The highest BCUT2D eigenvalue weighted by atomic mass is 16.6. The van der Waals surface area contributed by atoms with Crippen molar-refractivity contribution < 1.29 is 19.4 Å². The van der Waals surface area contributed by atoms with Crippen LogP contribution < -0.4 is 5.73 Å². The van der Waals surface area contributed by atoms with Gasteiger partial charge in [0.2, 0.25) is 0 Å². The monoisotopic (exact) mass is 300 g/mol. The molecule has 1 amide bonds. The highest BCUT2D eigenvalue weighted by molar-refractivity contribution is 5.68. The summed E-state index contributed by atoms with van der Waals surface area (Å²) in [5.74, 6) is -0.317. The molecule has 3 atom stereocenters. The molecule has 122 valence electrons. The van der Waals surface area contributed by atoms with Gasteiger partial charge in [0.15, 0.2) is 0 Å². The van der Waals surface area contributed by atoms with E-state index in [4.69, 9.17) is 15.6 Å². The molecule has 1 saturated heterocycles.